The number of sulfonamides is 1. The van der Waals surface area contributed by atoms with Gasteiger partial charge in [-0.25, -0.2) is 13.4 Å². The summed E-state index contributed by atoms with van der Waals surface area (Å²) in [5, 5.41) is 1.00. The van der Waals surface area contributed by atoms with Crippen LogP contribution in [0.2, 0.25) is 0 Å². The van der Waals surface area contributed by atoms with E-state index in [0.717, 1.165) is 39.8 Å². The Balaban J connectivity index is 1.66. The van der Waals surface area contributed by atoms with E-state index in [-0.39, 0.29) is 4.90 Å². The van der Waals surface area contributed by atoms with Crippen molar-refractivity contribution in [3.8, 4) is 17.0 Å². The van der Waals surface area contributed by atoms with Crippen molar-refractivity contribution in [3.05, 3.63) is 53.7 Å². The molecule has 3 aromatic rings. The second-order valence-electron chi connectivity index (χ2n) is 6.72. The Morgan fingerprint density at radius 2 is 1.96 bits per heavy atom. The third kappa shape index (κ3) is 3.49. The van der Waals surface area contributed by atoms with Crippen LogP contribution >= 0.6 is 11.8 Å². The number of aryl methyl sites for hydroxylation is 3. The lowest BCUT2D eigenvalue weighted by molar-refractivity contribution is 0.402. The maximum Gasteiger partial charge on any atom is 0.265 e. The van der Waals surface area contributed by atoms with Crippen LogP contribution in [0.3, 0.4) is 0 Å². The van der Waals surface area contributed by atoms with Crippen molar-refractivity contribution < 1.29 is 13.2 Å². The molecule has 0 saturated carbocycles. The van der Waals surface area contributed by atoms with E-state index in [0.29, 0.717) is 11.4 Å². The minimum atomic E-state index is -3.80. The highest BCUT2D eigenvalue weighted by Gasteiger charge is 2.21. The quantitative estimate of drug-likeness (QED) is 0.680. The molecule has 0 radical (unpaired) electrons. The van der Waals surface area contributed by atoms with Gasteiger partial charge in [0.25, 0.3) is 10.0 Å². The predicted octanol–water partition coefficient (Wildman–Crippen LogP) is 4.08. The molecule has 4 rings (SSSR count). The van der Waals surface area contributed by atoms with Crippen LogP contribution in [0.15, 0.2) is 52.6 Å². The highest BCUT2D eigenvalue weighted by atomic mass is 32.2. The van der Waals surface area contributed by atoms with Gasteiger partial charge in [0, 0.05) is 29.7 Å². The third-order valence-electron chi connectivity index (χ3n) is 4.78. The van der Waals surface area contributed by atoms with Crippen LogP contribution in [0.25, 0.3) is 11.3 Å². The van der Waals surface area contributed by atoms with Gasteiger partial charge in [-0.1, -0.05) is 23.9 Å². The Kier molecular flexibility index (Phi) is 4.84. The molecule has 1 aliphatic rings. The third-order valence-corrected chi connectivity index (χ3v) is 7.16. The molecule has 6 nitrogen and oxygen atoms in total. The summed E-state index contributed by atoms with van der Waals surface area (Å²) in [6.45, 7) is 4.75. The number of nitrogens with one attached hydrogen (secondary N) is 1. The second kappa shape index (κ2) is 7.18. The number of imidazole rings is 1. The number of fused-ring (bicyclic) bond motifs is 1. The molecule has 146 valence electrons. The molecule has 28 heavy (non-hydrogen) atoms. The van der Waals surface area contributed by atoms with Crippen LogP contribution in [0.1, 0.15) is 11.1 Å². The summed E-state index contributed by atoms with van der Waals surface area (Å²) in [6, 6.07) is 10.7. The Bertz CT molecular complexity index is 1130. The maximum atomic E-state index is 13.0. The molecule has 0 saturated heterocycles. The Labute approximate surface area is 169 Å². The van der Waals surface area contributed by atoms with Crippen LogP contribution in [-0.2, 0) is 16.6 Å². The molecule has 1 aliphatic heterocycles. The number of nitrogens with zero attached hydrogens (tertiary/aromatic N) is 2. The Morgan fingerprint density at radius 3 is 2.71 bits per heavy atom. The molecule has 2 aromatic carbocycles. The summed E-state index contributed by atoms with van der Waals surface area (Å²) in [5.41, 5.74) is 4.06. The summed E-state index contributed by atoms with van der Waals surface area (Å²) in [7, 11) is -2.32. The zero-order valence-electron chi connectivity index (χ0n) is 15.9. The molecule has 0 unspecified atom stereocenters. The first-order chi connectivity index (χ1) is 13.4. The minimum Gasteiger partial charge on any atom is -0.495 e. The molecular weight excluding hydrogens is 394 g/mol. The zero-order chi connectivity index (χ0) is 19.9. The number of hydrogen-bond acceptors (Lipinski definition) is 5. The van der Waals surface area contributed by atoms with Crippen LogP contribution in [0.4, 0.5) is 5.69 Å². The standard InChI is InChI=1S/C20H21N3O3S2/c1-13-9-18(26-3)19(10-14(13)2)28(24,25)22-16-6-4-5-15(11-16)17-12-23-7-8-27-20(23)21-17/h4-6,9-12,22H,7-8H2,1-3H3. The molecule has 1 N–H and O–H groups in total. The number of rotatable bonds is 5. The van der Waals surface area contributed by atoms with E-state index in [4.69, 9.17) is 4.74 Å². The number of aromatic nitrogens is 2. The van der Waals surface area contributed by atoms with E-state index in [1.807, 2.05) is 32.2 Å². The lowest BCUT2D eigenvalue weighted by Crippen LogP contribution is -2.14. The topological polar surface area (TPSA) is 73.2 Å². The van der Waals surface area contributed by atoms with Gasteiger partial charge in [0.05, 0.1) is 12.8 Å². The number of anilines is 1. The molecule has 0 bridgehead atoms. The van der Waals surface area contributed by atoms with Crippen LogP contribution < -0.4 is 9.46 Å². The van der Waals surface area contributed by atoms with E-state index < -0.39 is 10.0 Å². The van der Waals surface area contributed by atoms with Gasteiger partial charge in [-0.3, -0.25) is 4.72 Å². The molecule has 0 spiro atoms. The van der Waals surface area contributed by atoms with Crippen molar-refractivity contribution in [2.24, 2.45) is 0 Å². The van der Waals surface area contributed by atoms with Crippen molar-refractivity contribution >= 4 is 27.5 Å². The van der Waals surface area contributed by atoms with Gasteiger partial charge in [0.1, 0.15) is 10.6 Å². The molecule has 0 aliphatic carbocycles. The van der Waals surface area contributed by atoms with Crippen LogP contribution in [0, 0.1) is 13.8 Å². The van der Waals surface area contributed by atoms with E-state index in [9.17, 15) is 8.42 Å². The van der Waals surface area contributed by atoms with Crippen molar-refractivity contribution in [1.29, 1.82) is 0 Å². The predicted molar refractivity (Wildman–Crippen MR) is 112 cm³/mol. The molecule has 1 aromatic heterocycles. The summed E-state index contributed by atoms with van der Waals surface area (Å²) in [6.07, 6.45) is 2.01. The van der Waals surface area contributed by atoms with E-state index in [1.54, 1.807) is 36.0 Å². The Hall–Kier alpha value is -2.45. The minimum absolute atomic E-state index is 0.126. The number of hydrogen-bond donors (Lipinski definition) is 1. The fourth-order valence-corrected chi connectivity index (χ4v) is 5.36. The van der Waals surface area contributed by atoms with Crippen molar-refractivity contribution in [3.63, 3.8) is 0 Å². The first-order valence-corrected chi connectivity index (χ1v) is 11.3. The van der Waals surface area contributed by atoms with Gasteiger partial charge >= 0.3 is 0 Å². The van der Waals surface area contributed by atoms with Crippen molar-refractivity contribution in [2.45, 2.75) is 30.4 Å². The molecule has 0 amide bonds. The SMILES string of the molecule is COc1cc(C)c(C)cc1S(=O)(=O)Nc1cccc(-c2cn3c(n2)SCC3)c1. The van der Waals surface area contributed by atoms with E-state index in [2.05, 4.69) is 14.3 Å². The lowest BCUT2D eigenvalue weighted by atomic mass is 10.1. The highest BCUT2D eigenvalue weighted by molar-refractivity contribution is 7.99. The molecule has 8 heteroatoms. The summed E-state index contributed by atoms with van der Waals surface area (Å²) in [5.74, 6) is 1.37. The molecule has 2 heterocycles. The van der Waals surface area contributed by atoms with Crippen molar-refractivity contribution in [1.82, 2.24) is 9.55 Å². The number of thioether (sulfide) groups is 1. The van der Waals surface area contributed by atoms with Gasteiger partial charge in [0.15, 0.2) is 5.16 Å². The van der Waals surface area contributed by atoms with Crippen LogP contribution in [0.5, 0.6) is 5.75 Å². The monoisotopic (exact) mass is 415 g/mol. The summed E-state index contributed by atoms with van der Waals surface area (Å²) in [4.78, 5) is 4.76. The van der Waals surface area contributed by atoms with E-state index >= 15 is 0 Å². The zero-order valence-corrected chi connectivity index (χ0v) is 17.5. The summed E-state index contributed by atoms with van der Waals surface area (Å²) >= 11 is 1.73. The number of methoxy groups -OCH3 is 1. The van der Waals surface area contributed by atoms with E-state index in [1.165, 1.54) is 7.11 Å². The first kappa shape index (κ1) is 18.9. The average Bonchev–Trinajstić information content (AvgIpc) is 3.25. The molecule has 0 fully saturated rings. The second-order valence-corrected chi connectivity index (χ2v) is 9.44. The van der Waals surface area contributed by atoms with Crippen molar-refractivity contribution in [2.75, 3.05) is 17.6 Å². The number of ether oxygens (including phenoxy) is 1. The fourth-order valence-electron chi connectivity index (χ4n) is 3.13. The fraction of sp³-hybridized carbons (Fsp3) is 0.250. The largest absolute Gasteiger partial charge is 0.495 e. The number of benzene rings is 2. The maximum absolute atomic E-state index is 13.0. The highest BCUT2D eigenvalue weighted by Crippen LogP contribution is 2.32. The smallest absolute Gasteiger partial charge is 0.265 e. The molecule has 0 atom stereocenters. The van der Waals surface area contributed by atoms with Gasteiger partial charge in [-0.05, 0) is 49.2 Å². The average molecular weight is 416 g/mol. The Morgan fingerprint density at radius 1 is 1.18 bits per heavy atom. The van der Waals surface area contributed by atoms with Gasteiger partial charge in [0.2, 0.25) is 0 Å². The van der Waals surface area contributed by atoms with Gasteiger partial charge in [-0.15, -0.1) is 0 Å². The summed E-state index contributed by atoms with van der Waals surface area (Å²) < 4.78 is 36.1. The normalized spacial score (nSPS) is 13.4. The van der Waals surface area contributed by atoms with Crippen LogP contribution in [-0.4, -0.2) is 30.8 Å². The molecular formula is C20H21N3O3S2. The first-order valence-electron chi connectivity index (χ1n) is 8.86. The lowest BCUT2D eigenvalue weighted by Gasteiger charge is -2.14. The van der Waals surface area contributed by atoms with Gasteiger partial charge < -0.3 is 9.30 Å². The van der Waals surface area contributed by atoms with Gasteiger partial charge in [-0.2, -0.15) is 0 Å².